The van der Waals surface area contributed by atoms with Crippen LogP contribution in [-0.2, 0) is 19.1 Å². The summed E-state index contributed by atoms with van der Waals surface area (Å²) in [5.41, 5.74) is 0.444. The minimum Gasteiger partial charge on any atom is -0.458 e. The van der Waals surface area contributed by atoms with Crippen molar-refractivity contribution in [1.82, 2.24) is 0 Å². The number of ether oxygens (including phenoxy) is 2. The maximum absolute atomic E-state index is 12.1. The first kappa shape index (κ1) is 17.9. The van der Waals surface area contributed by atoms with E-state index in [2.05, 4.69) is 19.7 Å². The molecule has 0 aromatic carbocycles. The van der Waals surface area contributed by atoms with Crippen molar-refractivity contribution in [2.45, 2.75) is 57.3 Å². The average molecular weight is 346 g/mol. The summed E-state index contributed by atoms with van der Waals surface area (Å²) in [6, 6.07) is 0. The number of hydrogen-bond acceptors (Lipinski definition) is 5. The lowest BCUT2D eigenvalue weighted by Crippen LogP contribution is -2.42. The molecule has 1 heterocycles. The number of carbonyl (C=O) groups excluding carboxylic acids is 2. The van der Waals surface area contributed by atoms with Crippen LogP contribution in [0.25, 0.3) is 0 Å². The van der Waals surface area contributed by atoms with Crippen molar-refractivity contribution in [3.63, 3.8) is 0 Å². The molecule has 0 aromatic heterocycles. The molecule has 0 aromatic rings. The lowest BCUT2D eigenvalue weighted by molar-refractivity contribution is -0.148. The summed E-state index contributed by atoms with van der Waals surface area (Å²) in [4.78, 5) is 24.1. The number of fused-ring (bicyclic) bond motifs is 3. The molecule has 3 rings (SSSR count). The Bertz CT molecular complexity index is 661. The second kappa shape index (κ2) is 6.13. The highest BCUT2D eigenvalue weighted by molar-refractivity contribution is 5.91. The van der Waals surface area contributed by atoms with Gasteiger partial charge in [-0.3, -0.25) is 4.79 Å². The van der Waals surface area contributed by atoms with Gasteiger partial charge >= 0.3 is 11.9 Å². The van der Waals surface area contributed by atoms with Gasteiger partial charge in [0.1, 0.15) is 12.2 Å². The number of aliphatic hydroxyl groups is 1. The van der Waals surface area contributed by atoms with Crippen LogP contribution in [0.2, 0.25) is 0 Å². The molecule has 0 spiro atoms. The number of esters is 2. The van der Waals surface area contributed by atoms with Gasteiger partial charge in [0.2, 0.25) is 0 Å². The third-order valence-electron chi connectivity index (χ3n) is 5.72. The molecule has 1 aliphatic heterocycles. The molecule has 5 nitrogen and oxygen atoms in total. The fraction of sp³-hybridized carbons (Fsp3) is 0.600. The molecule has 136 valence electrons. The van der Waals surface area contributed by atoms with Crippen LogP contribution in [0.4, 0.5) is 0 Å². The summed E-state index contributed by atoms with van der Waals surface area (Å²) in [7, 11) is 0. The van der Waals surface area contributed by atoms with E-state index >= 15 is 0 Å². The van der Waals surface area contributed by atoms with Crippen LogP contribution in [0.5, 0.6) is 0 Å². The van der Waals surface area contributed by atoms with E-state index in [-0.39, 0.29) is 24.2 Å². The molecular formula is C20H26O5. The topological polar surface area (TPSA) is 72.8 Å². The van der Waals surface area contributed by atoms with Gasteiger partial charge in [-0.25, -0.2) is 4.79 Å². The molecule has 3 aliphatic rings. The second-order valence-corrected chi connectivity index (χ2v) is 7.90. The standard InChI is InChI=1S/C20H26O5/c1-10(2)8-16(21)24-15-9-20(23)11(3)6-7-14-12(4)19(22)25-18(14)17(20)13(15)5/h10,14-15,17-18,23H,3-9H2,1-2H3/t14-,15-,17+,18-,20+/m0/s1. The number of hydrogen-bond donors (Lipinski definition) is 1. The zero-order chi connectivity index (χ0) is 18.5. The normalized spacial score (nSPS) is 37.6. The van der Waals surface area contributed by atoms with Crippen molar-refractivity contribution in [2.75, 3.05) is 0 Å². The molecule has 5 heteroatoms. The average Bonchev–Trinajstić information content (AvgIpc) is 2.87. The molecule has 0 radical (unpaired) electrons. The van der Waals surface area contributed by atoms with Gasteiger partial charge in [0.25, 0.3) is 0 Å². The van der Waals surface area contributed by atoms with Gasteiger partial charge < -0.3 is 14.6 Å². The van der Waals surface area contributed by atoms with Crippen molar-refractivity contribution in [1.29, 1.82) is 0 Å². The largest absolute Gasteiger partial charge is 0.458 e. The smallest absolute Gasteiger partial charge is 0.334 e. The van der Waals surface area contributed by atoms with Crippen LogP contribution in [-0.4, -0.2) is 34.9 Å². The minimum absolute atomic E-state index is 0.162. The highest BCUT2D eigenvalue weighted by Gasteiger charge is 2.60. The molecule has 2 saturated carbocycles. The van der Waals surface area contributed by atoms with Gasteiger partial charge in [0.05, 0.1) is 11.5 Å². The molecule has 5 atom stereocenters. The number of carbonyl (C=O) groups is 2. The van der Waals surface area contributed by atoms with Crippen LogP contribution in [0.3, 0.4) is 0 Å². The molecule has 1 saturated heterocycles. The van der Waals surface area contributed by atoms with E-state index in [0.717, 1.165) is 0 Å². The van der Waals surface area contributed by atoms with E-state index in [1.165, 1.54) is 0 Å². The Morgan fingerprint density at radius 1 is 1.40 bits per heavy atom. The molecule has 0 amide bonds. The first-order valence-corrected chi connectivity index (χ1v) is 8.83. The fourth-order valence-corrected chi connectivity index (χ4v) is 4.37. The SMILES string of the molecule is C=C1[C@@H](OC(=O)CC(C)C)C[C@@]2(O)C(=C)CC[C@H]3C(=C)C(=O)O[C@@H]3[C@@H]12. The summed E-state index contributed by atoms with van der Waals surface area (Å²) in [6.07, 6.45) is 0.648. The molecule has 0 bridgehead atoms. The van der Waals surface area contributed by atoms with Crippen LogP contribution in [0, 0.1) is 17.8 Å². The Morgan fingerprint density at radius 3 is 2.72 bits per heavy atom. The van der Waals surface area contributed by atoms with Crippen molar-refractivity contribution in [3.05, 3.63) is 36.5 Å². The van der Waals surface area contributed by atoms with Gasteiger partial charge in [0, 0.05) is 24.3 Å². The summed E-state index contributed by atoms with van der Waals surface area (Å²) < 4.78 is 11.1. The Hall–Kier alpha value is -1.88. The molecule has 2 aliphatic carbocycles. The molecule has 0 unspecified atom stereocenters. The maximum atomic E-state index is 12.1. The highest BCUT2D eigenvalue weighted by Crippen LogP contribution is 2.54. The lowest BCUT2D eigenvalue weighted by atomic mass is 9.78. The summed E-state index contributed by atoms with van der Waals surface area (Å²) in [5.74, 6) is -1.22. The van der Waals surface area contributed by atoms with Gasteiger partial charge in [-0.1, -0.05) is 33.6 Å². The third kappa shape index (κ3) is 2.84. The van der Waals surface area contributed by atoms with E-state index < -0.39 is 29.7 Å². The van der Waals surface area contributed by atoms with E-state index in [9.17, 15) is 14.7 Å². The van der Waals surface area contributed by atoms with Crippen LogP contribution >= 0.6 is 0 Å². The fourth-order valence-electron chi connectivity index (χ4n) is 4.37. The Kier molecular flexibility index (Phi) is 4.40. The zero-order valence-electron chi connectivity index (χ0n) is 14.9. The van der Waals surface area contributed by atoms with E-state index in [4.69, 9.17) is 9.47 Å². The van der Waals surface area contributed by atoms with Gasteiger partial charge in [0.15, 0.2) is 0 Å². The predicted molar refractivity (Wildman–Crippen MR) is 92.4 cm³/mol. The van der Waals surface area contributed by atoms with Crippen molar-refractivity contribution < 1.29 is 24.2 Å². The zero-order valence-corrected chi connectivity index (χ0v) is 14.9. The van der Waals surface area contributed by atoms with Gasteiger partial charge in [-0.15, -0.1) is 0 Å². The molecular weight excluding hydrogens is 320 g/mol. The van der Waals surface area contributed by atoms with Crippen LogP contribution in [0.15, 0.2) is 36.5 Å². The Labute approximate surface area is 148 Å². The number of rotatable bonds is 3. The molecule has 1 N–H and O–H groups in total. The van der Waals surface area contributed by atoms with E-state index in [0.29, 0.717) is 36.0 Å². The van der Waals surface area contributed by atoms with Crippen molar-refractivity contribution >= 4 is 11.9 Å². The van der Waals surface area contributed by atoms with Gasteiger partial charge in [-0.2, -0.15) is 0 Å². The summed E-state index contributed by atoms with van der Waals surface area (Å²) in [5, 5.41) is 11.3. The minimum atomic E-state index is -1.27. The molecule has 3 fully saturated rings. The van der Waals surface area contributed by atoms with E-state index in [1.807, 2.05) is 13.8 Å². The first-order valence-electron chi connectivity index (χ1n) is 8.83. The lowest BCUT2D eigenvalue weighted by Gasteiger charge is -2.33. The monoisotopic (exact) mass is 346 g/mol. The Balaban J connectivity index is 1.89. The molecule has 25 heavy (non-hydrogen) atoms. The van der Waals surface area contributed by atoms with Crippen molar-refractivity contribution in [2.24, 2.45) is 17.8 Å². The Morgan fingerprint density at radius 2 is 2.08 bits per heavy atom. The van der Waals surface area contributed by atoms with E-state index in [1.54, 1.807) is 0 Å². The summed E-state index contributed by atoms with van der Waals surface area (Å²) >= 11 is 0. The predicted octanol–water partition coefficient (Wildman–Crippen LogP) is 2.70. The van der Waals surface area contributed by atoms with Crippen LogP contribution < -0.4 is 0 Å². The van der Waals surface area contributed by atoms with Crippen LogP contribution in [0.1, 0.15) is 39.5 Å². The van der Waals surface area contributed by atoms with Gasteiger partial charge in [-0.05, 0) is 29.9 Å². The first-order chi connectivity index (χ1) is 11.6. The summed E-state index contributed by atoms with van der Waals surface area (Å²) in [6.45, 7) is 15.9. The maximum Gasteiger partial charge on any atom is 0.334 e. The highest BCUT2D eigenvalue weighted by atomic mass is 16.6. The third-order valence-corrected chi connectivity index (χ3v) is 5.72. The van der Waals surface area contributed by atoms with Crippen molar-refractivity contribution in [3.8, 4) is 0 Å². The second-order valence-electron chi connectivity index (χ2n) is 7.90. The quantitative estimate of drug-likeness (QED) is 0.483.